The second-order valence-corrected chi connectivity index (χ2v) is 21.0. The zero-order valence-electron chi connectivity index (χ0n) is 45.7. The summed E-state index contributed by atoms with van der Waals surface area (Å²) in [5.41, 5.74) is -8.09. The summed E-state index contributed by atoms with van der Waals surface area (Å²) in [4.78, 5) is 111. The molecular formula is C64H50F6N6O8. The fourth-order valence-corrected chi connectivity index (χ4v) is 10.9. The van der Waals surface area contributed by atoms with Crippen LogP contribution in [0.25, 0.3) is 21.5 Å². The molecule has 0 fully saturated rings. The molecule has 8 aromatic carbocycles. The number of hydrogen-bond acceptors (Lipinski definition) is 8. The van der Waals surface area contributed by atoms with Gasteiger partial charge in [0.25, 0.3) is 47.3 Å². The number of alkyl halides is 6. The Kier molecular flexibility index (Phi) is 14.4. The molecule has 84 heavy (non-hydrogen) atoms. The number of halogens is 6. The van der Waals surface area contributed by atoms with Crippen LogP contribution in [0.15, 0.2) is 146 Å². The van der Waals surface area contributed by atoms with Crippen LogP contribution < -0.4 is 21.3 Å². The van der Waals surface area contributed by atoms with Gasteiger partial charge in [-0.2, -0.15) is 26.3 Å². The van der Waals surface area contributed by atoms with Gasteiger partial charge >= 0.3 is 12.4 Å². The molecule has 0 aromatic heterocycles. The molecule has 2 unspecified atom stereocenters. The molecule has 0 bridgehead atoms. The number of anilines is 2. The first-order valence-electron chi connectivity index (χ1n) is 26.2. The lowest BCUT2D eigenvalue weighted by atomic mass is 9.74. The molecule has 2 aliphatic heterocycles. The Labute approximate surface area is 475 Å². The van der Waals surface area contributed by atoms with Crippen LogP contribution in [-0.4, -0.2) is 96.6 Å². The Morgan fingerprint density at radius 3 is 1.25 bits per heavy atom. The van der Waals surface area contributed by atoms with Gasteiger partial charge in [0.15, 0.2) is 0 Å². The fraction of sp³-hybridized carbons (Fsp3) is 0.188. The number of nitrogens with zero attached hydrogens (tertiary/aromatic N) is 2. The van der Waals surface area contributed by atoms with Gasteiger partial charge in [-0.15, -0.1) is 0 Å². The highest BCUT2D eigenvalue weighted by Crippen LogP contribution is 2.49. The summed E-state index contributed by atoms with van der Waals surface area (Å²) in [6, 6.07) is 33.1. The number of nitrogens with one attached hydrogen (secondary N) is 4. The van der Waals surface area contributed by atoms with E-state index < -0.39 is 122 Å². The average Bonchev–Trinajstić information content (AvgIpc) is 3.35. The lowest BCUT2D eigenvalue weighted by Crippen LogP contribution is -2.41. The molecule has 0 radical (unpaired) electrons. The van der Waals surface area contributed by atoms with Gasteiger partial charge < -0.3 is 21.3 Å². The zero-order valence-corrected chi connectivity index (χ0v) is 45.7. The van der Waals surface area contributed by atoms with Crippen molar-refractivity contribution < 1.29 is 64.7 Å². The standard InChI is InChI=1S/C64H50F6N6O8/c1-33-11-9-15-42-40(33)14-10-16-51(42)73-55(79)44-23-19-35(61(3,63(65,66)67)37-20-24-45-49(31-37)59(83)75(5)57(45)81)29-47(44)54(78)72-28-27-71-53(77)43-22-18-36(30-48(43)56(80)74-52-26-17-34(2)39-12-7-8-13-41(39)52)62(4,64(68,69)70)38-21-25-46-50(32-38)60(84)76(6)58(46)82/h7-26,29-32H,27-28H2,1-6H3,(H,71,77)(H,72,78)(H,73,79)(H,74,80). The van der Waals surface area contributed by atoms with E-state index in [1.54, 1.807) is 54.6 Å². The van der Waals surface area contributed by atoms with Crippen LogP contribution in [0.2, 0.25) is 0 Å². The Morgan fingerprint density at radius 2 is 0.750 bits per heavy atom. The highest BCUT2D eigenvalue weighted by Gasteiger charge is 2.56. The number of benzene rings is 8. The SMILES string of the molecule is Cc1cccc2c(NC(=O)c3ccc(C(C)(c4ccc5c(c4)C(=O)N(C)C5=O)C(F)(F)F)cc3C(=O)NCCNC(=O)c3ccc(C(C)(c4ccc5c(c4)C(=O)N(C)C5=O)C(F)(F)F)cc3C(=O)Nc3ccc(C)c4ccccc34)cccc12. The maximum absolute atomic E-state index is 15.7. The molecule has 2 heterocycles. The van der Waals surface area contributed by atoms with E-state index in [0.29, 0.717) is 16.5 Å². The smallest absolute Gasteiger partial charge is 0.350 e. The molecule has 4 N–H and O–H groups in total. The minimum Gasteiger partial charge on any atom is -0.350 e. The minimum atomic E-state index is -5.12. The Bertz CT molecular complexity index is 4200. The largest absolute Gasteiger partial charge is 0.402 e. The molecule has 10 rings (SSSR count). The van der Waals surface area contributed by atoms with Crippen molar-refractivity contribution in [2.75, 3.05) is 37.8 Å². The lowest BCUT2D eigenvalue weighted by molar-refractivity contribution is -0.173. The summed E-state index contributed by atoms with van der Waals surface area (Å²) in [6.07, 6.45) is -10.2. The van der Waals surface area contributed by atoms with Gasteiger partial charge in [0.2, 0.25) is 0 Å². The summed E-state index contributed by atoms with van der Waals surface area (Å²) >= 11 is 0. The number of fused-ring (bicyclic) bond motifs is 4. The summed E-state index contributed by atoms with van der Waals surface area (Å²) in [5, 5.41) is 13.4. The second kappa shape index (κ2) is 21.1. The van der Waals surface area contributed by atoms with Gasteiger partial charge in [-0.05, 0) is 133 Å². The highest BCUT2D eigenvalue weighted by molar-refractivity contribution is 6.22. The van der Waals surface area contributed by atoms with Crippen LogP contribution >= 0.6 is 0 Å². The van der Waals surface area contributed by atoms with Gasteiger partial charge in [-0.3, -0.25) is 48.2 Å². The quantitative estimate of drug-likeness (QED) is 0.0498. The van der Waals surface area contributed by atoms with E-state index in [9.17, 15) is 38.4 Å². The molecule has 0 spiro atoms. The lowest BCUT2D eigenvalue weighted by Gasteiger charge is -2.34. The van der Waals surface area contributed by atoms with Crippen LogP contribution in [0.3, 0.4) is 0 Å². The monoisotopic (exact) mass is 1140 g/mol. The van der Waals surface area contributed by atoms with Crippen molar-refractivity contribution in [1.29, 1.82) is 0 Å². The van der Waals surface area contributed by atoms with Crippen molar-refractivity contribution >= 4 is 80.2 Å². The van der Waals surface area contributed by atoms with E-state index in [1.807, 2.05) is 32.0 Å². The van der Waals surface area contributed by atoms with Gasteiger partial charge in [0.1, 0.15) is 10.8 Å². The first kappa shape index (κ1) is 57.3. The molecule has 426 valence electrons. The third-order valence-corrected chi connectivity index (χ3v) is 16.1. The summed E-state index contributed by atoms with van der Waals surface area (Å²) < 4.78 is 94.1. The van der Waals surface area contributed by atoms with Crippen molar-refractivity contribution in [3.63, 3.8) is 0 Å². The average molecular weight is 1150 g/mol. The van der Waals surface area contributed by atoms with Gasteiger partial charge in [0, 0.05) is 49.3 Å². The van der Waals surface area contributed by atoms with E-state index in [0.717, 1.165) is 118 Å². The molecule has 0 aliphatic carbocycles. The number of amides is 8. The number of aryl methyl sites for hydroxylation is 2. The topological polar surface area (TPSA) is 191 Å². The van der Waals surface area contributed by atoms with Crippen molar-refractivity contribution in [1.82, 2.24) is 20.4 Å². The van der Waals surface area contributed by atoms with Crippen molar-refractivity contribution in [3.05, 3.63) is 223 Å². The van der Waals surface area contributed by atoms with Crippen molar-refractivity contribution in [2.24, 2.45) is 0 Å². The number of carbonyl (C=O) groups is 8. The van der Waals surface area contributed by atoms with Gasteiger partial charge in [-0.1, -0.05) is 84.9 Å². The number of imide groups is 2. The third kappa shape index (κ3) is 9.55. The Morgan fingerprint density at radius 1 is 0.393 bits per heavy atom. The minimum absolute atomic E-state index is 0.0979. The van der Waals surface area contributed by atoms with E-state index in [-0.39, 0.29) is 33.5 Å². The summed E-state index contributed by atoms with van der Waals surface area (Å²) in [6.45, 7) is 4.47. The molecule has 2 atom stereocenters. The van der Waals surface area contributed by atoms with Gasteiger partial charge in [0.05, 0.1) is 44.5 Å². The maximum atomic E-state index is 15.7. The van der Waals surface area contributed by atoms with E-state index in [4.69, 9.17) is 0 Å². The molecule has 2 aliphatic rings. The summed E-state index contributed by atoms with van der Waals surface area (Å²) in [5.74, 6) is -6.99. The first-order valence-corrected chi connectivity index (χ1v) is 26.2. The van der Waals surface area contributed by atoms with Crippen LogP contribution in [0.4, 0.5) is 37.7 Å². The first-order chi connectivity index (χ1) is 39.7. The zero-order chi connectivity index (χ0) is 60.5. The molecule has 14 nitrogen and oxygen atoms in total. The van der Waals surface area contributed by atoms with Crippen LogP contribution in [0.5, 0.6) is 0 Å². The predicted octanol–water partition coefficient (Wildman–Crippen LogP) is 11.5. The highest BCUT2D eigenvalue weighted by atomic mass is 19.4. The van der Waals surface area contributed by atoms with E-state index in [1.165, 1.54) is 14.1 Å². The van der Waals surface area contributed by atoms with Gasteiger partial charge in [-0.25, -0.2) is 0 Å². The Balaban J connectivity index is 0.979. The van der Waals surface area contributed by atoms with Crippen molar-refractivity contribution in [2.45, 2.75) is 50.9 Å². The van der Waals surface area contributed by atoms with E-state index in [2.05, 4.69) is 21.3 Å². The molecule has 8 amide bonds. The Hall–Kier alpha value is -9.98. The molecule has 0 saturated heterocycles. The van der Waals surface area contributed by atoms with Crippen LogP contribution in [0.1, 0.15) is 130 Å². The second-order valence-electron chi connectivity index (χ2n) is 21.0. The fourth-order valence-electron chi connectivity index (χ4n) is 10.9. The number of rotatable bonds is 13. The summed E-state index contributed by atoms with van der Waals surface area (Å²) in [7, 11) is 2.39. The molecule has 20 heteroatoms. The maximum Gasteiger partial charge on any atom is 0.402 e. The normalized spacial score (nSPS) is 14.7. The van der Waals surface area contributed by atoms with Crippen molar-refractivity contribution in [3.8, 4) is 0 Å². The number of hydrogen-bond donors (Lipinski definition) is 4. The number of carbonyl (C=O) groups excluding carboxylic acids is 8. The van der Waals surface area contributed by atoms with Crippen LogP contribution in [-0.2, 0) is 10.8 Å². The predicted molar refractivity (Wildman–Crippen MR) is 302 cm³/mol. The third-order valence-electron chi connectivity index (χ3n) is 16.1. The van der Waals surface area contributed by atoms with Crippen LogP contribution in [0, 0.1) is 13.8 Å². The molecule has 0 saturated carbocycles. The van der Waals surface area contributed by atoms with E-state index >= 15 is 26.3 Å². The molecular weight excluding hydrogens is 1090 g/mol. The molecule has 8 aromatic rings.